The van der Waals surface area contributed by atoms with Crippen molar-refractivity contribution >= 4 is 0 Å². The van der Waals surface area contributed by atoms with Crippen LogP contribution in [-0.2, 0) is 54.6 Å². The normalized spacial score (nSPS) is 7.25. The quantitative estimate of drug-likeness (QED) is 0.395. The summed E-state index contributed by atoms with van der Waals surface area (Å²) in [6.07, 6.45) is 0. The molecule has 0 amide bonds. The number of hydrogen-bond donors (Lipinski definition) is 0. The van der Waals surface area contributed by atoms with E-state index in [1.54, 1.807) is 0 Å². The van der Waals surface area contributed by atoms with Crippen LogP contribution in [0.4, 0.5) is 0 Å². The van der Waals surface area contributed by atoms with E-state index in [1.807, 2.05) is 0 Å². The van der Waals surface area contributed by atoms with Crippen LogP contribution >= 0.6 is 0 Å². The average molecular weight is 240 g/mol. The van der Waals surface area contributed by atoms with Gasteiger partial charge in [0.25, 0.3) is 0 Å². The van der Waals surface area contributed by atoms with Crippen molar-refractivity contribution < 1.29 is 81.8 Å². The molecule has 0 saturated carbocycles. The molecule has 0 spiro atoms. The Hall–Kier alpha value is 1.65. The molecule has 0 aromatic rings. The van der Waals surface area contributed by atoms with Crippen LogP contribution in [0.3, 0.4) is 0 Å². The minimum absolute atomic E-state index is 0. The second-order valence-electron chi connectivity index (χ2n) is 0.378. The topological polar surface area (TPSA) is 80.3 Å². The minimum atomic E-state index is -5.62. The molecule has 0 aliphatic carbocycles. The van der Waals surface area contributed by atoms with Crippen LogP contribution in [0.1, 0.15) is 0 Å². The Morgan fingerprint density at radius 1 is 1.12 bits per heavy atom. The van der Waals surface area contributed by atoms with Gasteiger partial charge in [0.15, 0.2) is 0 Å². The molecule has 0 heterocycles. The van der Waals surface area contributed by atoms with Gasteiger partial charge in [-0.3, -0.25) is 0 Å². The summed E-state index contributed by atoms with van der Waals surface area (Å²) >= 11 is -5.62. The molecule has 0 radical (unpaired) electrons. The van der Waals surface area contributed by atoms with Crippen LogP contribution in [0.2, 0.25) is 0 Å². The van der Waals surface area contributed by atoms with Crippen LogP contribution in [0.15, 0.2) is 0 Å². The van der Waals surface area contributed by atoms with Gasteiger partial charge in [-0.25, -0.2) is 0 Å². The van der Waals surface area contributed by atoms with Crippen LogP contribution in [0.25, 0.3) is 0 Å². The molecule has 4 nitrogen and oxygen atoms in total. The molecular weight excluding hydrogens is 240 g/mol. The third-order valence-electron chi connectivity index (χ3n) is 0. The molecule has 47 valence electrons. The third-order valence-corrected chi connectivity index (χ3v) is 0. The van der Waals surface area contributed by atoms with Crippen molar-refractivity contribution in [2.24, 2.45) is 0 Å². The zero-order chi connectivity index (χ0) is 4.50. The van der Waals surface area contributed by atoms with Gasteiger partial charge in [0.05, 0.1) is 0 Å². The molecule has 0 N–H and O–H groups in total. The van der Waals surface area contributed by atoms with Gasteiger partial charge in [-0.15, -0.1) is 0 Å². The Morgan fingerprint density at radius 2 is 1.12 bits per heavy atom. The fourth-order valence-corrected chi connectivity index (χ4v) is 0. The monoisotopic (exact) mass is 240 g/mol. The Labute approximate surface area is 81.3 Å². The molecule has 0 aromatic carbocycles. The van der Waals surface area contributed by atoms with Gasteiger partial charge < -0.3 is 0 Å². The summed E-state index contributed by atoms with van der Waals surface area (Å²) < 4.78 is 34.3. The fraction of sp³-hybridized carbons (Fsp3) is 0. The first-order valence-electron chi connectivity index (χ1n) is 0.617. The summed E-state index contributed by atoms with van der Waals surface area (Å²) in [5.74, 6) is 0. The summed E-state index contributed by atoms with van der Waals surface area (Å²) in [6.45, 7) is 0. The van der Waals surface area contributed by atoms with Crippen LogP contribution < -0.4 is 27.2 Å². The molecule has 0 unspecified atom stereocenters. The van der Waals surface area contributed by atoms with E-state index >= 15 is 0 Å². The van der Waals surface area contributed by atoms with Gasteiger partial charge in [-0.2, -0.15) is 0 Å². The first-order valence-corrected chi connectivity index (χ1v) is 2.54. The van der Waals surface area contributed by atoms with Crippen molar-refractivity contribution in [3.63, 3.8) is 0 Å². The van der Waals surface area contributed by atoms with Crippen molar-refractivity contribution in [2.75, 3.05) is 0 Å². The first-order chi connectivity index (χ1) is 2.00. The molecule has 8 heteroatoms. The predicted octanol–water partition coefficient (Wildman–Crippen LogP) is -5.62. The molecule has 8 heavy (non-hydrogen) atoms. The van der Waals surface area contributed by atoms with Crippen molar-refractivity contribution in [3.05, 3.63) is 0 Å². The summed E-state index contributed by atoms with van der Waals surface area (Å²) in [5, 5.41) is 0. The standard InChI is InChI=1S/Fe.Li.Mn.Ni.4O/q+2;+1;;+2;;;2*-1. The molecule has 0 aliphatic heterocycles. The van der Waals surface area contributed by atoms with Crippen molar-refractivity contribution in [1.82, 2.24) is 0 Å². The molecule has 0 rings (SSSR count). The Balaban J connectivity index is -0.0000000267. The second kappa shape index (κ2) is 8.65. The summed E-state index contributed by atoms with van der Waals surface area (Å²) in [7, 11) is 0. The van der Waals surface area contributed by atoms with Gasteiger partial charge >= 0.3 is 81.8 Å². The zero-order valence-electron chi connectivity index (χ0n) is 3.68. The van der Waals surface area contributed by atoms with E-state index in [4.69, 9.17) is 16.0 Å². The third kappa shape index (κ3) is 124. The van der Waals surface area contributed by atoms with Gasteiger partial charge in [-0.05, 0) is 0 Å². The summed E-state index contributed by atoms with van der Waals surface area (Å²) in [6, 6.07) is 0. The zero-order valence-corrected chi connectivity index (χ0v) is 6.95. The predicted molar refractivity (Wildman–Crippen MR) is 1.37 cm³/mol. The van der Waals surface area contributed by atoms with E-state index in [2.05, 4.69) is 0 Å². The fourth-order valence-electron chi connectivity index (χ4n) is 0. The van der Waals surface area contributed by atoms with E-state index in [9.17, 15) is 0 Å². The van der Waals surface area contributed by atoms with Gasteiger partial charge in [0, 0.05) is 0 Å². The Kier molecular flexibility index (Phi) is 24.5. The molecule has 0 bridgehead atoms. The second-order valence-corrected chi connectivity index (χ2v) is 1.56. The van der Waals surface area contributed by atoms with Gasteiger partial charge in [0.2, 0.25) is 0 Å². The van der Waals surface area contributed by atoms with E-state index in [0.717, 1.165) is 0 Å². The van der Waals surface area contributed by atoms with Crippen molar-refractivity contribution in [2.45, 2.75) is 0 Å². The first kappa shape index (κ1) is 22.6. The molecule has 0 aliphatic rings. The van der Waals surface area contributed by atoms with Gasteiger partial charge in [-0.1, -0.05) is 0 Å². The van der Waals surface area contributed by atoms with Gasteiger partial charge in [0.1, 0.15) is 0 Å². The maximum absolute atomic E-state index is 8.58. The molecule has 0 saturated heterocycles. The number of rotatable bonds is 0. The Morgan fingerprint density at radius 3 is 1.12 bits per heavy atom. The van der Waals surface area contributed by atoms with Crippen LogP contribution in [0.5, 0.6) is 0 Å². The molecule has 0 aromatic heterocycles. The summed E-state index contributed by atoms with van der Waals surface area (Å²) in [5.41, 5.74) is 0. The molecular formula is FeLiMnNiO4+3. The van der Waals surface area contributed by atoms with E-state index in [0.29, 0.717) is 0 Å². The Bertz CT molecular complexity index is 99.2. The number of hydrogen-bond acceptors (Lipinski definition) is 4. The van der Waals surface area contributed by atoms with E-state index in [-0.39, 0.29) is 52.4 Å². The maximum atomic E-state index is 8.58. The van der Waals surface area contributed by atoms with Crippen LogP contribution in [-0.4, -0.2) is 0 Å². The van der Waals surface area contributed by atoms with Crippen molar-refractivity contribution in [3.8, 4) is 0 Å². The van der Waals surface area contributed by atoms with E-state index < -0.39 is 13.4 Å². The SMILES string of the molecule is [Fe+2].[Li+].[Ni+2].[O]=[Mn](=[O])([O-])[O-]. The molecule has 0 atom stereocenters. The van der Waals surface area contributed by atoms with Crippen molar-refractivity contribution in [1.29, 1.82) is 0 Å². The molecule has 0 fully saturated rings. The average Bonchev–Trinajstić information content (AvgIpc) is 0.722. The van der Waals surface area contributed by atoms with E-state index in [1.165, 1.54) is 0 Å². The summed E-state index contributed by atoms with van der Waals surface area (Å²) in [4.78, 5) is 0. The van der Waals surface area contributed by atoms with Crippen LogP contribution in [0, 0.1) is 0 Å².